The van der Waals surface area contributed by atoms with E-state index in [2.05, 4.69) is 16.4 Å². The van der Waals surface area contributed by atoms with Crippen LogP contribution in [0.2, 0.25) is 10.0 Å². The molecular formula is C27H20Cl2N4O5. The van der Waals surface area contributed by atoms with Gasteiger partial charge >= 0.3 is 5.69 Å². The summed E-state index contributed by atoms with van der Waals surface area (Å²) in [5.74, 6) is 0.576. The van der Waals surface area contributed by atoms with Crippen molar-refractivity contribution < 1.29 is 19.1 Å². The van der Waals surface area contributed by atoms with Gasteiger partial charge in [-0.2, -0.15) is 5.26 Å². The molecule has 2 heterocycles. The minimum atomic E-state index is -0.517. The minimum absolute atomic E-state index is 0.103. The van der Waals surface area contributed by atoms with Gasteiger partial charge in [0.05, 0.1) is 39.9 Å². The number of rotatable bonds is 8. The van der Waals surface area contributed by atoms with E-state index in [9.17, 15) is 15.4 Å². The molecule has 0 bridgehead atoms. The van der Waals surface area contributed by atoms with Crippen molar-refractivity contribution in [3.8, 4) is 17.6 Å². The van der Waals surface area contributed by atoms with Crippen LogP contribution in [0.15, 0.2) is 60.8 Å². The molecule has 1 N–H and O–H groups in total. The number of hydrogen-bond acceptors (Lipinski definition) is 8. The van der Waals surface area contributed by atoms with Crippen LogP contribution < -0.4 is 14.8 Å². The highest BCUT2D eigenvalue weighted by atomic mass is 35.5. The molecule has 9 nitrogen and oxygen atoms in total. The van der Waals surface area contributed by atoms with Gasteiger partial charge in [-0.1, -0.05) is 35.3 Å². The Bertz CT molecular complexity index is 1550. The number of pyridine rings is 1. The van der Waals surface area contributed by atoms with Crippen molar-refractivity contribution in [2.75, 3.05) is 18.5 Å². The van der Waals surface area contributed by atoms with Gasteiger partial charge in [0.25, 0.3) is 0 Å². The Labute approximate surface area is 227 Å². The molecule has 4 aromatic rings. The van der Waals surface area contributed by atoms with E-state index >= 15 is 0 Å². The van der Waals surface area contributed by atoms with Gasteiger partial charge in [-0.15, -0.1) is 0 Å². The lowest BCUT2D eigenvalue weighted by atomic mass is 10.1. The Kier molecular flexibility index (Phi) is 7.47. The minimum Gasteiger partial charge on any atom is -0.487 e. The second kappa shape index (κ2) is 11.1. The zero-order valence-corrected chi connectivity index (χ0v) is 21.3. The highest BCUT2D eigenvalue weighted by Gasteiger charge is 2.25. The molecule has 0 spiro atoms. The Morgan fingerprint density at radius 1 is 1.16 bits per heavy atom. The number of fused-ring (bicyclic) bond motifs is 1. The molecule has 0 radical (unpaired) electrons. The molecule has 1 aliphatic rings. The number of anilines is 2. The number of aromatic nitrogens is 1. The molecule has 1 aliphatic heterocycles. The van der Waals surface area contributed by atoms with Crippen LogP contribution in [-0.4, -0.2) is 29.2 Å². The van der Waals surface area contributed by atoms with Gasteiger partial charge in [0.2, 0.25) is 0 Å². The normalized spacial score (nSPS) is 14.7. The highest BCUT2D eigenvalue weighted by molar-refractivity contribution is 6.32. The van der Waals surface area contributed by atoms with Gasteiger partial charge in [-0.3, -0.25) is 15.1 Å². The van der Waals surface area contributed by atoms with E-state index in [1.165, 1.54) is 18.3 Å². The molecule has 0 aliphatic carbocycles. The number of nitro groups is 1. The van der Waals surface area contributed by atoms with Crippen LogP contribution >= 0.6 is 23.2 Å². The van der Waals surface area contributed by atoms with Crippen LogP contribution in [0.5, 0.6) is 11.5 Å². The van der Waals surface area contributed by atoms with Gasteiger partial charge in [-0.25, -0.2) is 0 Å². The Morgan fingerprint density at radius 2 is 1.97 bits per heavy atom. The van der Waals surface area contributed by atoms with Crippen molar-refractivity contribution in [3.05, 3.63) is 92.1 Å². The second-order valence-electron chi connectivity index (χ2n) is 8.54. The molecule has 1 fully saturated rings. The molecule has 1 unspecified atom stereocenters. The highest BCUT2D eigenvalue weighted by Crippen LogP contribution is 2.38. The van der Waals surface area contributed by atoms with Crippen molar-refractivity contribution in [2.24, 2.45) is 0 Å². The number of hydrogen-bond donors (Lipinski definition) is 1. The lowest BCUT2D eigenvalue weighted by Crippen LogP contribution is -2.16. The summed E-state index contributed by atoms with van der Waals surface area (Å²) in [6.45, 7) is 1.21. The van der Waals surface area contributed by atoms with E-state index in [1.807, 2.05) is 12.1 Å². The monoisotopic (exact) mass is 550 g/mol. The largest absolute Gasteiger partial charge is 0.487 e. The number of benzene rings is 3. The Balaban J connectivity index is 1.44. The van der Waals surface area contributed by atoms with E-state index in [1.54, 1.807) is 30.3 Å². The van der Waals surface area contributed by atoms with Crippen molar-refractivity contribution in [3.63, 3.8) is 0 Å². The maximum absolute atomic E-state index is 11.9. The van der Waals surface area contributed by atoms with Gasteiger partial charge < -0.3 is 19.5 Å². The molecule has 1 aromatic heterocycles. The van der Waals surface area contributed by atoms with Crippen molar-refractivity contribution in [1.82, 2.24) is 4.98 Å². The van der Waals surface area contributed by atoms with Gasteiger partial charge in [-0.05, 0) is 35.9 Å². The zero-order chi connectivity index (χ0) is 26.6. The summed E-state index contributed by atoms with van der Waals surface area (Å²) in [4.78, 5) is 15.7. The van der Waals surface area contributed by atoms with E-state index in [-0.39, 0.29) is 23.1 Å². The smallest absolute Gasteiger partial charge is 0.311 e. The average molecular weight is 551 g/mol. The number of ether oxygens (including phenoxy) is 3. The first-order valence-electron chi connectivity index (χ1n) is 11.6. The van der Waals surface area contributed by atoms with Crippen LogP contribution in [0.1, 0.15) is 17.5 Å². The fourth-order valence-electron chi connectivity index (χ4n) is 4.03. The number of nitrogens with one attached hydrogen (secondary N) is 1. The maximum Gasteiger partial charge on any atom is 0.311 e. The molecule has 3 aromatic carbocycles. The summed E-state index contributed by atoms with van der Waals surface area (Å²) in [5.41, 5.74) is 2.27. The third kappa shape index (κ3) is 5.58. The molecule has 11 heteroatoms. The van der Waals surface area contributed by atoms with E-state index in [4.69, 9.17) is 37.4 Å². The maximum atomic E-state index is 11.9. The molecule has 38 heavy (non-hydrogen) atoms. The quantitative estimate of drug-likeness (QED) is 0.187. The van der Waals surface area contributed by atoms with Gasteiger partial charge in [0.1, 0.15) is 24.5 Å². The summed E-state index contributed by atoms with van der Waals surface area (Å²) < 4.78 is 17.0. The number of nitrogens with zero attached hydrogens (tertiary/aromatic N) is 3. The zero-order valence-electron chi connectivity index (χ0n) is 19.8. The second-order valence-corrected chi connectivity index (χ2v) is 9.39. The van der Waals surface area contributed by atoms with Crippen molar-refractivity contribution in [1.29, 1.82) is 5.26 Å². The Morgan fingerprint density at radius 3 is 2.66 bits per heavy atom. The topological polar surface area (TPSA) is 120 Å². The molecular weight excluding hydrogens is 531 g/mol. The summed E-state index contributed by atoms with van der Waals surface area (Å²) in [5, 5.41) is 26.1. The van der Waals surface area contributed by atoms with Crippen LogP contribution in [0.4, 0.5) is 17.1 Å². The Hall–Kier alpha value is -4.10. The van der Waals surface area contributed by atoms with Crippen LogP contribution in [0.3, 0.4) is 0 Å². The number of nitriles is 1. The molecule has 0 amide bonds. The molecule has 1 saturated heterocycles. The van der Waals surface area contributed by atoms with Gasteiger partial charge in [0, 0.05) is 40.8 Å². The van der Waals surface area contributed by atoms with Crippen LogP contribution in [0, 0.1) is 21.4 Å². The van der Waals surface area contributed by atoms with E-state index in [0.717, 1.165) is 5.56 Å². The molecule has 1 atom stereocenters. The first kappa shape index (κ1) is 25.5. The molecule has 192 valence electrons. The van der Waals surface area contributed by atoms with Crippen LogP contribution in [-0.2, 0) is 11.3 Å². The number of nitro benzene ring substituents is 1. The molecule has 5 rings (SSSR count). The fraction of sp³-hybridized carbons (Fsp3) is 0.185. The van der Waals surface area contributed by atoms with Crippen LogP contribution in [0.25, 0.3) is 10.9 Å². The fourth-order valence-corrected chi connectivity index (χ4v) is 4.39. The average Bonchev–Trinajstić information content (AvgIpc) is 3.42. The van der Waals surface area contributed by atoms with Crippen molar-refractivity contribution in [2.45, 2.75) is 19.1 Å². The van der Waals surface area contributed by atoms with Crippen molar-refractivity contribution >= 4 is 51.2 Å². The first-order valence-corrected chi connectivity index (χ1v) is 12.4. The summed E-state index contributed by atoms with van der Waals surface area (Å²) in [6, 6.07) is 17.3. The van der Waals surface area contributed by atoms with E-state index < -0.39 is 4.92 Å². The third-order valence-electron chi connectivity index (χ3n) is 5.96. The SMILES string of the molecule is N#Cc1cnc2cc(OC3CCOC3)c([N+](=O)[O-])cc2c1Nc1ccc(OCc2ccc(Cl)cc2)c(Cl)c1. The lowest BCUT2D eigenvalue weighted by Gasteiger charge is -2.16. The summed E-state index contributed by atoms with van der Waals surface area (Å²) in [6.07, 6.45) is 1.78. The predicted octanol–water partition coefficient (Wildman–Crippen LogP) is 6.81. The molecule has 0 saturated carbocycles. The first-order chi connectivity index (χ1) is 18.4. The predicted molar refractivity (Wildman–Crippen MR) is 143 cm³/mol. The van der Waals surface area contributed by atoms with Gasteiger partial charge in [0.15, 0.2) is 5.75 Å². The standard InChI is InChI=1S/C27H20Cl2N4O5/c28-18-3-1-16(2-4-18)14-37-25-6-5-19(9-22(25)29)32-27-17(12-30)13-31-23-11-26(38-20-7-8-36-15-20)24(33(34)35)10-21(23)27/h1-6,9-11,13,20H,7-8,14-15H2,(H,31,32). The third-order valence-corrected chi connectivity index (χ3v) is 6.50. The van der Waals surface area contributed by atoms with E-state index in [0.29, 0.717) is 64.3 Å². The summed E-state index contributed by atoms with van der Waals surface area (Å²) in [7, 11) is 0. The summed E-state index contributed by atoms with van der Waals surface area (Å²) >= 11 is 12.4. The number of halogens is 2. The lowest BCUT2D eigenvalue weighted by molar-refractivity contribution is -0.385.